The van der Waals surface area contributed by atoms with Crippen LogP contribution in [-0.4, -0.2) is 65.2 Å². The minimum Gasteiger partial charge on any atom is -0.392 e. The van der Waals surface area contributed by atoms with Gasteiger partial charge in [-0.3, -0.25) is 14.6 Å². The van der Waals surface area contributed by atoms with E-state index in [1.165, 1.54) is 0 Å². The molecule has 1 aromatic rings. The average molecular weight is 307 g/mol. The molecule has 3 heterocycles. The molecule has 1 saturated heterocycles. The molecule has 2 aliphatic rings. The summed E-state index contributed by atoms with van der Waals surface area (Å²) in [6.45, 7) is 1.29. The summed E-state index contributed by atoms with van der Waals surface area (Å²) < 4.78 is 0. The fourth-order valence-corrected chi connectivity index (χ4v) is 2.95. The lowest BCUT2D eigenvalue weighted by atomic mass is 10.0. The van der Waals surface area contributed by atoms with E-state index in [-0.39, 0.29) is 17.5 Å². The number of aliphatic hydroxyl groups is 1. The number of rotatable bonds is 2. The summed E-state index contributed by atoms with van der Waals surface area (Å²) in [5.74, 6) is 0.461. The molecule has 8 heteroatoms. The Morgan fingerprint density at radius 2 is 2.23 bits per heavy atom. The van der Waals surface area contributed by atoms with Gasteiger partial charge in [0.05, 0.1) is 24.4 Å². The highest BCUT2D eigenvalue weighted by Crippen LogP contribution is 2.18. The van der Waals surface area contributed by atoms with Crippen molar-refractivity contribution in [3.8, 4) is 0 Å². The van der Waals surface area contributed by atoms with Gasteiger partial charge in [0.25, 0.3) is 5.56 Å². The third-order valence-electron chi connectivity index (χ3n) is 4.20. The van der Waals surface area contributed by atoms with E-state index in [4.69, 9.17) is 0 Å². The van der Waals surface area contributed by atoms with Gasteiger partial charge in [-0.15, -0.1) is 0 Å². The number of nitrogens with one attached hydrogen (secondary N) is 2. The Bertz CT molecular complexity index is 642. The maximum Gasteiger partial charge on any atom is 0.255 e. The fraction of sp³-hybridized carbons (Fsp3) is 0.643. The molecule has 0 radical (unpaired) electrons. The van der Waals surface area contributed by atoms with E-state index in [2.05, 4.69) is 15.3 Å². The van der Waals surface area contributed by atoms with Gasteiger partial charge in [0, 0.05) is 32.7 Å². The number of hydrogen-bond donors (Lipinski definition) is 3. The molecular weight excluding hydrogens is 286 g/mol. The summed E-state index contributed by atoms with van der Waals surface area (Å²) in [4.78, 5) is 35.2. The Labute approximate surface area is 128 Å². The van der Waals surface area contributed by atoms with Crippen LogP contribution >= 0.6 is 0 Å². The molecule has 8 nitrogen and oxygen atoms in total. The first-order valence-electron chi connectivity index (χ1n) is 7.45. The Kier molecular flexibility index (Phi) is 3.88. The number of aromatic nitrogens is 2. The number of carbonyl (C=O) groups excluding carboxylic acids is 1. The van der Waals surface area contributed by atoms with Crippen molar-refractivity contribution in [2.24, 2.45) is 0 Å². The van der Waals surface area contributed by atoms with E-state index in [1.807, 2.05) is 0 Å². The Hall–Kier alpha value is -1.93. The first-order chi connectivity index (χ1) is 10.5. The molecule has 120 valence electrons. The number of nitrogens with zero attached hydrogens (tertiary/aromatic N) is 3. The summed E-state index contributed by atoms with van der Waals surface area (Å²) in [7, 11) is 3.61. The van der Waals surface area contributed by atoms with Crippen LogP contribution in [0.3, 0.4) is 0 Å². The number of β-amino-alcohol motifs (C(OH)–C–C–N with tert-alkyl or cyclic N) is 1. The smallest absolute Gasteiger partial charge is 0.255 e. The molecule has 0 unspecified atom stereocenters. The number of fused-ring (bicyclic) bond motifs is 1. The first-order valence-corrected chi connectivity index (χ1v) is 7.45. The molecule has 3 rings (SSSR count). The largest absolute Gasteiger partial charge is 0.392 e. The van der Waals surface area contributed by atoms with Crippen LogP contribution in [0.1, 0.15) is 17.7 Å². The number of hydrogen-bond acceptors (Lipinski definition) is 6. The van der Waals surface area contributed by atoms with Crippen LogP contribution in [0.25, 0.3) is 0 Å². The predicted octanol–water partition coefficient (Wildman–Crippen LogP) is -1.56. The van der Waals surface area contributed by atoms with Crippen molar-refractivity contribution in [3.05, 3.63) is 21.6 Å². The normalized spacial score (nSPS) is 24.2. The summed E-state index contributed by atoms with van der Waals surface area (Å²) in [6, 6.07) is -0.341. The van der Waals surface area contributed by atoms with Crippen LogP contribution in [-0.2, 0) is 17.8 Å². The van der Waals surface area contributed by atoms with Crippen LogP contribution < -0.4 is 15.8 Å². The van der Waals surface area contributed by atoms with Crippen molar-refractivity contribution < 1.29 is 9.90 Å². The molecule has 1 fully saturated rings. The van der Waals surface area contributed by atoms with Gasteiger partial charge in [-0.25, -0.2) is 4.98 Å². The van der Waals surface area contributed by atoms with Gasteiger partial charge in [0.2, 0.25) is 11.9 Å². The number of aliphatic hydroxyl groups excluding tert-OH is 1. The molecule has 3 N–H and O–H groups in total. The highest BCUT2D eigenvalue weighted by molar-refractivity contribution is 5.82. The van der Waals surface area contributed by atoms with E-state index in [1.54, 1.807) is 23.9 Å². The van der Waals surface area contributed by atoms with Crippen molar-refractivity contribution in [1.82, 2.24) is 20.2 Å². The van der Waals surface area contributed by atoms with Crippen molar-refractivity contribution >= 4 is 11.9 Å². The summed E-state index contributed by atoms with van der Waals surface area (Å²) >= 11 is 0. The van der Waals surface area contributed by atoms with Gasteiger partial charge in [-0.2, -0.15) is 0 Å². The summed E-state index contributed by atoms with van der Waals surface area (Å²) in [6.07, 6.45) is 0.479. The SMILES string of the molecule is CN(C)c1nc2c(c(=O)[nH]1)CCN(C(=O)[C@@H]1C[C@@H](O)CN1)C2. The fourth-order valence-electron chi connectivity index (χ4n) is 2.95. The molecule has 0 aromatic carbocycles. The van der Waals surface area contributed by atoms with Crippen molar-refractivity contribution in [3.63, 3.8) is 0 Å². The number of aromatic amines is 1. The van der Waals surface area contributed by atoms with Gasteiger partial charge in [-0.05, 0) is 12.8 Å². The number of H-pyrrole nitrogens is 1. The van der Waals surface area contributed by atoms with E-state index in [0.29, 0.717) is 49.7 Å². The lowest BCUT2D eigenvalue weighted by molar-refractivity contribution is -0.134. The molecular formula is C14H21N5O3. The molecule has 1 aromatic heterocycles. The molecule has 0 saturated carbocycles. The van der Waals surface area contributed by atoms with Gasteiger partial charge in [-0.1, -0.05) is 0 Å². The van der Waals surface area contributed by atoms with E-state index < -0.39 is 6.10 Å². The third-order valence-corrected chi connectivity index (χ3v) is 4.20. The lowest BCUT2D eigenvalue weighted by Gasteiger charge is -2.30. The van der Waals surface area contributed by atoms with Gasteiger partial charge < -0.3 is 20.2 Å². The zero-order valence-electron chi connectivity index (χ0n) is 12.8. The quantitative estimate of drug-likeness (QED) is 0.611. The molecule has 2 aliphatic heterocycles. The van der Waals surface area contributed by atoms with Crippen molar-refractivity contribution in [2.75, 3.05) is 32.1 Å². The van der Waals surface area contributed by atoms with Crippen LogP contribution in [0.15, 0.2) is 4.79 Å². The molecule has 0 spiro atoms. The number of anilines is 1. The average Bonchev–Trinajstić information content (AvgIpc) is 2.92. The number of amides is 1. The summed E-state index contributed by atoms with van der Waals surface area (Å²) in [5.41, 5.74) is 1.19. The van der Waals surface area contributed by atoms with Crippen LogP contribution in [0.5, 0.6) is 0 Å². The maximum atomic E-state index is 12.5. The van der Waals surface area contributed by atoms with E-state index in [0.717, 1.165) is 0 Å². The third kappa shape index (κ3) is 2.71. The van der Waals surface area contributed by atoms with Crippen LogP contribution in [0, 0.1) is 0 Å². The standard InChI is InChI=1S/C14H21N5O3/c1-18(2)14-16-11-7-19(4-3-9(11)12(21)17-14)13(22)10-5-8(20)6-15-10/h8,10,15,20H,3-7H2,1-2H3,(H,16,17,21)/t8-,10+/m1/s1. The molecule has 0 aliphatic carbocycles. The van der Waals surface area contributed by atoms with Crippen LogP contribution in [0.4, 0.5) is 5.95 Å². The minimum atomic E-state index is -0.465. The summed E-state index contributed by atoms with van der Waals surface area (Å²) in [5, 5.41) is 12.6. The molecule has 22 heavy (non-hydrogen) atoms. The zero-order valence-corrected chi connectivity index (χ0v) is 12.8. The highest BCUT2D eigenvalue weighted by Gasteiger charge is 2.33. The van der Waals surface area contributed by atoms with Gasteiger partial charge in [0.1, 0.15) is 0 Å². The van der Waals surface area contributed by atoms with Crippen molar-refractivity contribution in [2.45, 2.75) is 31.5 Å². The van der Waals surface area contributed by atoms with E-state index in [9.17, 15) is 14.7 Å². The molecule has 0 bridgehead atoms. The maximum absolute atomic E-state index is 12.5. The predicted molar refractivity (Wildman–Crippen MR) is 80.7 cm³/mol. The van der Waals surface area contributed by atoms with Crippen molar-refractivity contribution in [1.29, 1.82) is 0 Å². The second-order valence-corrected chi connectivity index (χ2v) is 6.07. The first kappa shape index (κ1) is 15.0. The molecule has 2 atom stereocenters. The van der Waals surface area contributed by atoms with E-state index >= 15 is 0 Å². The van der Waals surface area contributed by atoms with Gasteiger partial charge in [0.15, 0.2) is 0 Å². The van der Waals surface area contributed by atoms with Gasteiger partial charge >= 0.3 is 0 Å². The molecule has 1 amide bonds. The Morgan fingerprint density at radius 1 is 1.45 bits per heavy atom. The Morgan fingerprint density at radius 3 is 2.86 bits per heavy atom. The number of carbonyl (C=O) groups is 1. The topological polar surface area (TPSA) is 102 Å². The van der Waals surface area contributed by atoms with Crippen LogP contribution in [0.2, 0.25) is 0 Å². The monoisotopic (exact) mass is 307 g/mol. The zero-order chi connectivity index (χ0) is 15.9. The second kappa shape index (κ2) is 5.69. The Balaban J connectivity index is 1.81. The lowest BCUT2D eigenvalue weighted by Crippen LogP contribution is -2.47. The highest BCUT2D eigenvalue weighted by atomic mass is 16.3. The minimum absolute atomic E-state index is 0.0318. The second-order valence-electron chi connectivity index (χ2n) is 6.07.